The number of hydrogen-bond donors (Lipinski definition) is 1. The van der Waals surface area contributed by atoms with E-state index in [-0.39, 0.29) is 5.82 Å². The number of aromatic nitrogens is 2. The van der Waals surface area contributed by atoms with Crippen molar-refractivity contribution in [2.24, 2.45) is 0 Å². The van der Waals surface area contributed by atoms with Crippen LogP contribution < -0.4 is 11.4 Å². The predicted molar refractivity (Wildman–Crippen MR) is 43.5 cm³/mol. The van der Waals surface area contributed by atoms with Gasteiger partial charge in [-0.1, -0.05) is 0 Å². The normalized spacial score (nSPS) is 10.1. The van der Waals surface area contributed by atoms with Crippen LogP contribution in [0.4, 0.5) is 10.2 Å². The highest BCUT2D eigenvalue weighted by Crippen LogP contribution is 1.91. The van der Waals surface area contributed by atoms with E-state index in [0.29, 0.717) is 13.0 Å². The Hall–Kier alpha value is -1.39. The molecule has 66 valence electrons. The number of aryl methyl sites for hydroxylation is 1. The number of alkyl halides is 1. The smallest absolute Gasteiger partial charge is 0.349 e. The van der Waals surface area contributed by atoms with Gasteiger partial charge in [-0.3, -0.25) is 8.96 Å². The maximum absolute atomic E-state index is 11.7. The third-order valence-corrected chi connectivity index (χ3v) is 1.43. The largest absolute Gasteiger partial charge is 0.383 e. The lowest BCUT2D eigenvalue weighted by Gasteiger charge is -2.01. The van der Waals surface area contributed by atoms with Crippen LogP contribution in [0.5, 0.6) is 0 Å². The second-order valence-electron chi connectivity index (χ2n) is 2.37. The molecule has 12 heavy (non-hydrogen) atoms. The molecule has 0 fully saturated rings. The number of nitrogen functional groups attached to an aromatic ring is 1. The minimum Gasteiger partial charge on any atom is -0.383 e. The summed E-state index contributed by atoms with van der Waals surface area (Å²) >= 11 is 0. The topological polar surface area (TPSA) is 60.9 Å². The van der Waals surface area contributed by atoms with Crippen molar-refractivity contribution in [3.63, 3.8) is 0 Å². The average Bonchev–Trinajstić information content (AvgIpc) is 2.03. The summed E-state index contributed by atoms with van der Waals surface area (Å²) in [5.41, 5.74) is 4.83. The van der Waals surface area contributed by atoms with Crippen LogP contribution in [0.15, 0.2) is 17.1 Å². The Kier molecular flexibility index (Phi) is 2.79. The molecule has 0 saturated carbocycles. The Morgan fingerprint density at radius 1 is 1.67 bits per heavy atom. The van der Waals surface area contributed by atoms with Gasteiger partial charge in [0.15, 0.2) is 0 Å². The molecule has 0 radical (unpaired) electrons. The van der Waals surface area contributed by atoms with Crippen LogP contribution >= 0.6 is 0 Å². The van der Waals surface area contributed by atoms with E-state index in [1.165, 1.54) is 16.8 Å². The molecular weight excluding hydrogens is 161 g/mol. The van der Waals surface area contributed by atoms with Gasteiger partial charge < -0.3 is 5.73 Å². The SMILES string of the molecule is Nc1ccn(CCCF)c(=O)n1. The predicted octanol–water partition coefficient (Wildman–Crippen LogP) is 0.185. The molecule has 0 aromatic carbocycles. The van der Waals surface area contributed by atoms with Gasteiger partial charge in [-0.25, -0.2) is 4.79 Å². The first kappa shape index (κ1) is 8.70. The lowest BCUT2D eigenvalue weighted by atomic mass is 10.4. The zero-order valence-corrected chi connectivity index (χ0v) is 6.53. The fourth-order valence-corrected chi connectivity index (χ4v) is 0.842. The number of rotatable bonds is 3. The second-order valence-corrected chi connectivity index (χ2v) is 2.37. The van der Waals surface area contributed by atoms with Gasteiger partial charge >= 0.3 is 5.69 Å². The van der Waals surface area contributed by atoms with Crippen LogP contribution in [-0.4, -0.2) is 16.2 Å². The molecule has 0 aliphatic heterocycles. The molecular formula is C7H10FN3O. The van der Waals surface area contributed by atoms with Gasteiger partial charge in [0.25, 0.3) is 0 Å². The van der Waals surface area contributed by atoms with Gasteiger partial charge in [0.2, 0.25) is 0 Å². The van der Waals surface area contributed by atoms with E-state index >= 15 is 0 Å². The number of nitrogens with two attached hydrogens (primary N) is 1. The molecule has 5 heteroatoms. The van der Waals surface area contributed by atoms with E-state index in [2.05, 4.69) is 4.98 Å². The quantitative estimate of drug-likeness (QED) is 0.705. The number of halogens is 1. The number of anilines is 1. The van der Waals surface area contributed by atoms with E-state index in [0.717, 1.165) is 0 Å². The Morgan fingerprint density at radius 2 is 2.42 bits per heavy atom. The summed E-state index contributed by atoms with van der Waals surface area (Å²) in [4.78, 5) is 14.5. The minimum absolute atomic E-state index is 0.191. The summed E-state index contributed by atoms with van der Waals surface area (Å²) in [5, 5.41) is 0. The third kappa shape index (κ3) is 2.05. The summed E-state index contributed by atoms with van der Waals surface area (Å²) in [6.07, 6.45) is 1.84. The molecule has 1 aromatic heterocycles. The zero-order chi connectivity index (χ0) is 8.97. The van der Waals surface area contributed by atoms with Crippen LogP contribution in [0.25, 0.3) is 0 Å². The van der Waals surface area contributed by atoms with E-state index < -0.39 is 12.4 Å². The van der Waals surface area contributed by atoms with Crippen LogP contribution in [0.3, 0.4) is 0 Å². The Labute approximate surface area is 68.8 Å². The van der Waals surface area contributed by atoms with Crippen molar-refractivity contribution in [2.75, 3.05) is 12.4 Å². The Balaban J connectivity index is 2.80. The van der Waals surface area contributed by atoms with Crippen LogP contribution in [-0.2, 0) is 6.54 Å². The van der Waals surface area contributed by atoms with Gasteiger partial charge in [0, 0.05) is 12.7 Å². The molecule has 0 aliphatic carbocycles. The monoisotopic (exact) mass is 171 g/mol. The van der Waals surface area contributed by atoms with Crippen LogP contribution in [0.1, 0.15) is 6.42 Å². The summed E-state index contributed by atoms with van der Waals surface area (Å²) < 4.78 is 13.1. The number of hydrogen-bond acceptors (Lipinski definition) is 3. The second kappa shape index (κ2) is 3.85. The van der Waals surface area contributed by atoms with Crippen molar-refractivity contribution >= 4 is 5.82 Å². The van der Waals surface area contributed by atoms with Crippen LogP contribution in [0.2, 0.25) is 0 Å². The lowest BCUT2D eigenvalue weighted by Crippen LogP contribution is -2.23. The van der Waals surface area contributed by atoms with Crippen molar-refractivity contribution in [1.82, 2.24) is 9.55 Å². The highest BCUT2D eigenvalue weighted by atomic mass is 19.1. The highest BCUT2D eigenvalue weighted by molar-refractivity contribution is 5.23. The van der Waals surface area contributed by atoms with Gasteiger partial charge in [0.1, 0.15) is 5.82 Å². The van der Waals surface area contributed by atoms with Gasteiger partial charge in [-0.2, -0.15) is 4.98 Å². The molecule has 2 N–H and O–H groups in total. The van der Waals surface area contributed by atoms with E-state index in [1.807, 2.05) is 0 Å². The van der Waals surface area contributed by atoms with Crippen molar-refractivity contribution in [1.29, 1.82) is 0 Å². The zero-order valence-electron chi connectivity index (χ0n) is 6.53. The minimum atomic E-state index is -0.434. The lowest BCUT2D eigenvalue weighted by molar-refractivity contribution is 0.441. The van der Waals surface area contributed by atoms with Gasteiger partial charge in [-0.05, 0) is 12.5 Å². The summed E-state index contributed by atoms with van der Waals surface area (Å²) in [5.74, 6) is 0.191. The van der Waals surface area contributed by atoms with Crippen molar-refractivity contribution in [3.05, 3.63) is 22.7 Å². The van der Waals surface area contributed by atoms with E-state index in [9.17, 15) is 9.18 Å². The van der Waals surface area contributed by atoms with E-state index in [4.69, 9.17) is 5.73 Å². The molecule has 1 rings (SSSR count). The summed E-state index contributed by atoms with van der Waals surface area (Å²) in [6, 6.07) is 1.51. The van der Waals surface area contributed by atoms with Crippen molar-refractivity contribution in [2.45, 2.75) is 13.0 Å². The molecule has 1 aromatic rings. The molecule has 1 heterocycles. The first-order valence-electron chi connectivity index (χ1n) is 3.63. The first-order valence-corrected chi connectivity index (χ1v) is 3.63. The summed E-state index contributed by atoms with van der Waals surface area (Å²) in [6.45, 7) is -0.0839. The molecule has 0 saturated heterocycles. The Morgan fingerprint density at radius 3 is 3.00 bits per heavy atom. The molecule has 0 bridgehead atoms. The third-order valence-electron chi connectivity index (χ3n) is 1.43. The first-order chi connectivity index (χ1) is 5.74. The van der Waals surface area contributed by atoms with E-state index in [1.54, 1.807) is 0 Å². The maximum atomic E-state index is 11.7. The number of nitrogens with zero attached hydrogens (tertiary/aromatic N) is 2. The van der Waals surface area contributed by atoms with Crippen molar-refractivity contribution in [3.8, 4) is 0 Å². The van der Waals surface area contributed by atoms with Crippen LogP contribution in [0, 0.1) is 0 Å². The molecule has 0 spiro atoms. The maximum Gasteiger partial charge on any atom is 0.349 e. The molecule has 0 unspecified atom stereocenters. The van der Waals surface area contributed by atoms with Gasteiger partial charge in [0.05, 0.1) is 6.67 Å². The Bertz CT molecular complexity index is 310. The molecule has 0 aliphatic rings. The highest BCUT2D eigenvalue weighted by Gasteiger charge is 1.96. The average molecular weight is 171 g/mol. The molecule has 0 atom stereocenters. The fourth-order valence-electron chi connectivity index (χ4n) is 0.842. The molecule has 4 nitrogen and oxygen atoms in total. The van der Waals surface area contributed by atoms with Crippen molar-refractivity contribution < 1.29 is 4.39 Å². The van der Waals surface area contributed by atoms with Gasteiger partial charge in [-0.15, -0.1) is 0 Å². The molecule has 0 amide bonds. The fraction of sp³-hybridized carbons (Fsp3) is 0.429. The standard InChI is InChI=1S/C7H10FN3O/c8-3-1-4-11-5-2-6(9)10-7(11)12/h2,5H,1,3-4H2,(H2,9,10,12). The summed E-state index contributed by atoms with van der Waals surface area (Å²) in [7, 11) is 0.